The second-order valence-electron chi connectivity index (χ2n) is 3.26. The molecule has 1 N–H and O–H groups in total. The molecule has 0 saturated carbocycles. The maximum Gasteiger partial charge on any atom is 0.275 e. The van der Waals surface area contributed by atoms with Gasteiger partial charge in [0.25, 0.3) is 5.91 Å². The predicted octanol–water partition coefficient (Wildman–Crippen LogP) is 2.30. The monoisotopic (exact) mass is 256 g/mol. The number of nitriles is 1. The van der Waals surface area contributed by atoms with Gasteiger partial charge in [-0.05, 0) is 36.0 Å². The van der Waals surface area contributed by atoms with Crippen LogP contribution in [0.4, 0.5) is 5.69 Å². The first-order valence-electron chi connectivity index (χ1n) is 5.03. The van der Waals surface area contributed by atoms with E-state index < -0.39 is 0 Å². The number of benzene rings is 1. The first-order chi connectivity index (χ1) is 8.79. The topological polar surface area (TPSA) is 78.7 Å². The summed E-state index contributed by atoms with van der Waals surface area (Å²) in [5.74, 6) is -0.316. The van der Waals surface area contributed by atoms with Crippen molar-refractivity contribution in [1.82, 2.24) is 9.97 Å². The van der Waals surface area contributed by atoms with Gasteiger partial charge in [-0.1, -0.05) is 0 Å². The second-order valence-corrected chi connectivity index (χ2v) is 4.12. The zero-order chi connectivity index (χ0) is 12.8. The molecule has 2 rings (SSSR count). The standard InChI is InChI=1S/C12H8N4OS/c13-8-18-10-3-1-9(2-4-10)16-12(17)11-7-14-5-6-15-11/h1-7H,(H,16,17). The molecule has 0 saturated heterocycles. The van der Waals surface area contributed by atoms with Crippen molar-refractivity contribution in [3.05, 3.63) is 48.5 Å². The van der Waals surface area contributed by atoms with Crippen LogP contribution in [0.3, 0.4) is 0 Å². The van der Waals surface area contributed by atoms with Gasteiger partial charge in [0.05, 0.1) is 6.20 Å². The minimum absolute atomic E-state index is 0.257. The van der Waals surface area contributed by atoms with Gasteiger partial charge in [0, 0.05) is 23.0 Å². The number of nitrogens with zero attached hydrogens (tertiary/aromatic N) is 3. The molecule has 5 nitrogen and oxygen atoms in total. The Morgan fingerprint density at radius 3 is 2.67 bits per heavy atom. The lowest BCUT2D eigenvalue weighted by Crippen LogP contribution is -2.13. The SMILES string of the molecule is N#CSc1ccc(NC(=O)c2cnccn2)cc1. The van der Waals surface area contributed by atoms with Gasteiger partial charge in [-0.3, -0.25) is 9.78 Å². The summed E-state index contributed by atoms with van der Waals surface area (Å²) in [6, 6.07) is 6.99. The fourth-order valence-corrected chi connectivity index (χ4v) is 1.65. The summed E-state index contributed by atoms with van der Waals surface area (Å²) in [5.41, 5.74) is 0.904. The number of carbonyl (C=O) groups excluding carboxylic acids is 1. The van der Waals surface area contributed by atoms with Crippen molar-refractivity contribution in [3.8, 4) is 5.40 Å². The van der Waals surface area contributed by atoms with Gasteiger partial charge >= 0.3 is 0 Å². The quantitative estimate of drug-likeness (QED) is 0.673. The molecule has 1 heterocycles. The first kappa shape index (κ1) is 12.1. The summed E-state index contributed by atoms with van der Waals surface area (Å²) in [5, 5.41) is 13.2. The van der Waals surface area contributed by atoms with Crippen molar-refractivity contribution in [3.63, 3.8) is 0 Å². The van der Waals surface area contributed by atoms with Gasteiger partial charge in [0.1, 0.15) is 11.1 Å². The molecule has 0 bridgehead atoms. The van der Waals surface area contributed by atoms with Crippen LogP contribution in [-0.4, -0.2) is 15.9 Å². The Balaban J connectivity index is 2.06. The molecular weight excluding hydrogens is 248 g/mol. The third kappa shape index (κ3) is 3.06. The Kier molecular flexibility index (Phi) is 3.89. The second kappa shape index (κ2) is 5.80. The van der Waals surface area contributed by atoms with Gasteiger partial charge < -0.3 is 5.32 Å². The van der Waals surface area contributed by atoms with E-state index in [1.165, 1.54) is 18.6 Å². The fourth-order valence-electron chi connectivity index (χ4n) is 1.27. The zero-order valence-electron chi connectivity index (χ0n) is 9.20. The van der Waals surface area contributed by atoms with Crippen LogP contribution in [0.25, 0.3) is 0 Å². The van der Waals surface area contributed by atoms with Crippen LogP contribution in [0.2, 0.25) is 0 Å². The van der Waals surface area contributed by atoms with Crippen LogP contribution >= 0.6 is 11.8 Å². The van der Waals surface area contributed by atoms with E-state index >= 15 is 0 Å². The van der Waals surface area contributed by atoms with E-state index in [0.717, 1.165) is 16.7 Å². The molecule has 6 heteroatoms. The van der Waals surface area contributed by atoms with Crippen LogP contribution in [0.15, 0.2) is 47.8 Å². The van der Waals surface area contributed by atoms with Crippen LogP contribution in [0.1, 0.15) is 10.5 Å². The van der Waals surface area contributed by atoms with Gasteiger partial charge in [-0.15, -0.1) is 0 Å². The van der Waals surface area contributed by atoms with E-state index in [-0.39, 0.29) is 11.6 Å². The molecule has 2 aromatic rings. The molecule has 18 heavy (non-hydrogen) atoms. The number of aromatic nitrogens is 2. The molecule has 88 valence electrons. The number of thiocyanates is 1. The van der Waals surface area contributed by atoms with E-state index in [0.29, 0.717) is 5.69 Å². The van der Waals surface area contributed by atoms with Crippen molar-refractivity contribution in [2.75, 3.05) is 5.32 Å². The van der Waals surface area contributed by atoms with Crippen molar-refractivity contribution in [2.24, 2.45) is 0 Å². The van der Waals surface area contributed by atoms with E-state index in [9.17, 15) is 4.79 Å². The largest absolute Gasteiger partial charge is 0.321 e. The lowest BCUT2D eigenvalue weighted by Gasteiger charge is -2.04. The zero-order valence-corrected chi connectivity index (χ0v) is 10.0. The van der Waals surface area contributed by atoms with Crippen LogP contribution in [0, 0.1) is 10.7 Å². The van der Waals surface area contributed by atoms with E-state index in [2.05, 4.69) is 15.3 Å². The molecule has 0 aliphatic carbocycles. The Morgan fingerprint density at radius 2 is 2.06 bits per heavy atom. The molecule has 1 aromatic heterocycles. The highest BCUT2D eigenvalue weighted by molar-refractivity contribution is 8.03. The van der Waals surface area contributed by atoms with E-state index in [4.69, 9.17) is 5.26 Å². The minimum Gasteiger partial charge on any atom is -0.321 e. The average Bonchev–Trinajstić information content (AvgIpc) is 2.42. The smallest absolute Gasteiger partial charge is 0.275 e. The summed E-state index contributed by atoms with van der Waals surface area (Å²) in [7, 11) is 0. The van der Waals surface area contributed by atoms with Crippen molar-refractivity contribution in [1.29, 1.82) is 5.26 Å². The van der Waals surface area contributed by atoms with Crippen LogP contribution in [0.5, 0.6) is 0 Å². The van der Waals surface area contributed by atoms with Gasteiger partial charge in [0.2, 0.25) is 0 Å². The number of nitrogens with one attached hydrogen (secondary N) is 1. The molecule has 1 aromatic carbocycles. The highest BCUT2D eigenvalue weighted by atomic mass is 32.2. The van der Waals surface area contributed by atoms with Crippen LogP contribution < -0.4 is 5.32 Å². The summed E-state index contributed by atoms with van der Waals surface area (Å²) in [6.45, 7) is 0. The van der Waals surface area contributed by atoms with Crippen molar-refractivity contribution in [2.45, 2.75) is 4.90 Å². The summed E-state index contributed by atoms with van der Waals surface area (Å²) in [4.78, 5) is 20.3. The van der Waals surface area contributed by atoms with Gasteiger partial charge in [-0.2, -0.15) is 5.26 Å². The number of hydrogen-bond donors (Lipinski definition) is 1. The van der Waals surface area contributed by atoms with Crippen LogP contribution in [-0.2, 0) is 0 Å². The van der Waals surface area contributed by atoms with Gasteiger partial charge in [-0.25, -0.2) is 4.98 Å². The first-order valence-corrected chi connectivity index (χ1v) is 5.84. The van der Waals surface area contributed by atoms with E-state index in [1.807, 2.05) is 5.40 Å². The maximum atomic E-state index is 11.8. The number of amides is 1. The Hall–Kier alpha value is -2.39. The molecule has 0 spiro atoms. The van der Waals surface area contributed by atoms with Gasteiger partial charge in [0.15, 0.2) is 0 Å². The summed E-state index contributed by atoms with van der Waals surface area (Å²) in [6.07, 6.45) is 4.36. The van der Waals surface area contributed by atoms with Crippen molar-refractivity contribution >= 4 is 23.4 Å². The number of thioether (sulfide) groups is 1. The Bertz CT molecular complexity index is 577. The van der Waals surface area contributed by atoms with E-state index in [1.54, 1.807) is 24.3 Å². The number of carbonyl (C=O) groups is 1. The highest BCUT2D eigenvalue weighted by Crippen LogP contribution is 2.19. The maximum absolute atomic E-state index is 11.8. The van der Waals surface area contributed by atoms with Crippen molar-refractivity contribution < 1.29 is 4.79 Å². The summed E-state index contributed by atoms with van der Waals surface area (Å²) >= 11 is 1.07. The molecule has 1 amide bonds. The molecule has 0 aliphatic heterocycles. The minimum atomic E-state index is -0.316. The number of hydrogen-bond acceptors (Lipinski definition) is 5. The highest BCUT2D eigenvalue weighted by Gasteiger charge is 2.06. The third-order valence-electron chi connectivity index (χ3n) is 2.07. The predicted molar refractivity (Wildman–Crippen MR) is 67.9 cm³/mol. The number of anilines is 1. The lowest BCUT2D eigenvalue weighted by atomic mass is 10.3. The molecule has 0 aliphatic rings. The third-order valence-corrected chi connectivity index (χ3v) is 2.67. The molecule has 0 atom stereocenters. The molecular formula is C12H8N4OS. The molecule has 0 unspecified atom stereocenters. The average molecular weight is 256 g/mol. The normalized spacial score (nSPS) is 9.50. The molecule has 0 radical (unpaired) electrons. The Morgan fingerprint density at radius 1 is 1.28 bits per heavy atom. The number of rotatable bonds is 3. The lowest BCUT2D eigenvalue weighted by molar-refractivity contribution is 0.102. The summed E-state index contributed by atoms with van der Waals surface area (Å²) < 4.78 is 0. The Labute approximate surface area is 108 Å². The fraction of sp³-hybridized carbons (Fsp3) is 0. The molecule has 0 fully saturated rings.